The molecule has 4 bridgehead atoms. The van der Waals surface area contributed by atoms with Crippen molar-refractivity contribution < 1.29 is 9.18 Å². The summed E-state index contributed by atoms with van der Waals surface area (Å²) in [6.07, 6.45) is 5.98. The lowest BCUT2D eigenvalue weighted by Gasteiger charge is -2.41. The first-order valence-corrected chi connectivity index (χ1v) is 14.9. The first kappa shape index (κ1) is 27.2. The predicted molar refractivity (Wildman–Crippen MR) is 164 cm³/mol. The second kappa shape index (κ2) is 11.9. The quantitative estimate of drug-likeness (QED) is 0.192. The molecule has 4 aromatic rings. The molecule has 0 atom stereocenters. The first-order chi connectivity index (χ1) is 20.0. The Morgan fingerprint density at radius 1 is 1.05 bits per heavy atom. The third-order valence-corrected chi connectivity index (χ3v) is 8.71. The van der Waals surface area contributed by atoms with Crippen LogP contribution in [0, 0.1) is 5.82 Å². The number of aryl methyl sites for hydroxylation is 1. The van der Waals surface area contributed by atoms with E-state index in [0.29, 0.717) is 29.4 Å². The molecule has 210 valence electrons. The minimum atomic E-state index is -0.613. The number of rotatable bonds is 5. The molecule has 1 aliphatic carbocycles. The Labute approximate surface area is 243 Å². The summed E-state index contributed by atoms with van der Waals surface area (Å²) in [4.78, 5) is 23.8. The normalized spacial score (nSPS) is 16.0. The number of hydrogen-bond acceptors (Lipinski definition) is 7. The molecule has 0 radical (unpaired) electrons. The third-order valence-electron chi connectivity index (χ3n) is 7.87. The number of anilines is 4. The summed E-state index contributed by atoms with van der Waals surface area (Å²) in [5, 5.41) is 9.55. The topological polar surface area (TPSA) is 91.0 Å². The molecule has 2 heterocycles. The number of amides is 1. The summed E-state index contributed by atoms with van der Waals surface area (Å²) < 4.78 is 18.9. The van der Waals surface area contributed by atoms with E-state index in [2.05, 4.69) is 44.7 Å². The zero-order valence-corrected chi connectivity index (χ0v) is 23.8. The van der Waals surface area contributed by atoms with E-state index in [9.17, 15) is 4.79 Å². The smallest absolute Gasteiger partial charge is 0.235 e. The van der Waals surface area contributed by atoms with Crippen molar-refractivity contribution >= 4 is 41.0 Å². The fraction of sp³-hybridized carbons (Fsp3) is 0.281. The van der Waals surface area contributed by atoms with Crippen LogP contribution in [0.1, 0.15) is 43.7 Å². The van der Waals surface area contributed by atoms with E-state index in [-0.39, 0.29) is 11.6 Å². The van der Waals surface area contributed by atoms with Crippen LogP contribution in [0.4, 0.5) is 27.5 Å². The van der Waals surface area contributed by atoms with Gasteiger partial charge < -0.3 is 16.0 Å². The highest BCUT2D eigenvalue weighted by atomic mass is 32.2. The molecule has 0 unspecified atom stereocenters. The molecular formula is C32H33FN6OS. The molecule has 2 aliphatic rings. The van der Waals surface area contributed by atoms with E-state index in [1.165, 1.54) is 11.6 Å². The fourth-order valence-electron chi connectivity index (χ4n) is 5.35. The molecule has 1 aliphatic heterocycles. The second-order valence-corrected chi connectivity index (χ2v) is 11.5. The molecule has 6 rings (SSSR count). The molecule has 0 saturated heterocycles. The Kier molecular flexibility index (Phi) is 7.89. The molecule has 1 aromatic heterocycles. The van der Waals surface area contributed by atoms with Crippen molar-refractivity contribution in [2.24, 2.45) is 0 Å². The summed E-state index contributed by atoms with van der Waals surface area (Å²) in [5.74, 6) is 0.418. The van der Waals surface area contributed by atoms with Gasteiger partial charge >= 0.3 is 0 Å². The van der Waals surface area contributed by atoms with E-state index in [0.717, 1.165) is 54.8 Å². The van der Waals surface area contributed by atoms with Gasteiger partial charge in [-0.25, -0.2) is 9.37 Å². The number of benzene rings is 3. The Morgan fingerprint density at radius 2 is 1.93 bits per heavy atom. The van der Waals surface area contributed by atoms with Crippen molar-refractivity contribution in [2.75, 3.05) is 29.0 Å². The van der Waals surface area contributed by atoms with E-state index >= 15 is 4.39 Å². The SMILES string of the molecule is CCc1cccc(C2(C(=O)Nc3ccc(-c4cnc5nc4NCCCNSc4cccc(c4)N5)cc3F)CCC2)c1. The second-order valence-electron chi connectivity index (χ2n) is 10.5. The van der Waals surface area contributed by atoms with E-state index in [1.54, 1.807) is 30.3 Å². The van der Waals surface area contributed by atoms with Gasteiger partial charge in [-0.05, 0) is 84.7 Å². The lowest BCUT2D eigenvalue weighted by molar-refractivity contribution is -0.124. The Bertz CT molecular complexity index is 1570. The molecule has 7 nitrogen and oxygen atoms in total. The van der Waals surface area contributed by atoms with Crippen LogP contribution in [-0.4, -0.2) is 29.0 Å². The van der Waals surface area contributed by atoms with Gasteiger partial charge in [0, 0.05) is 35.4 Å². The molecule has 4 N–H and O–H groups in total. The van der Waals surface area contributed by atoms with Gasteiger partial charge in [0.05, 0.1) is 11.1 Å². The highest BCUT2D eigenvalue weighted by Gasteiger charge is 2.45. The van der Waals surface area contributed by atoms with Crippen LogP contribution in [0.25, 0.3) is 11.1 Å². The Hall–Kier alpha value is -3.95. The van der Waals surface area contributed by atoms with Crippen LogP contribution in [0.2, 0.25) is 0 Å². The van der Waals surface area contributed by atoms with Gasteiger partial charge in [-0.1, -0.05) is 49.7 Å². The number of aromatic nitrogens is 2. The number of carbonyl (C=O) groups excluding carboxylic acids is 1. The number of hydrogen-bond donors (Lipinski definition) is 4. The number of nitrogens with zero attached hydrogens (tertiary/aromatic N) is 2. The molecule has 1 amide bonds. The largest absolute Gasteiger partial charge is 0.369 e. The average Bonchev–Trinajstić information content (AvgIpc) is 2.96. The average molecular weight is 569 g/mol. The highest BCUT2D eigenvalue weighted by molar-refractivity contribution is 7.97. The van der Waals surface area contributed by atoms with E-state index in [4.69, 9.17) is 4.98 Å². The summed E-state index contributed by atoms with van der Waals surface area (Å²) in [5.41, 5.74) is 3.96. The van der Waals surface area contributed by atoms with Crippen LogP contribution >= 0.6 is 11.9 Å². The summed E-state index contributed by atoms with van der Waals surface area (Å²) in [6.45, 7) is 3.61. The van der Waals surface area contributed by atoms with Crippen molar-refractivity contribution in [2.45, 2.75) is 49.3 Å². The minimum Gasteiger partial charge on any atom is -0.369 e. The first-order valence-electron chi connectivity index (χ1n) is 14.1. The maximum Gasteiger partial charge on any atom is 0.235 e. The van der Waals surface area contributed by atoms with E-state index in [1.807, 2.05) is 36.4 Å². The van der Waals surface area contributed by atoms with Crippen LogP contribution in [0.5, 0.6) is 0 Å². The van der Waals surface area contributed by atoms with Gasteiger partial charge in [0.2, 0.25) is 11.9 Å². The van der Waals surface area contributed by atoms with Crippen molar-refractivity contribution in [1.29, 1.82) is 0 Å². The Morgan fingerprint density at radius 3 is 2.73 bits per heavy atom. The molecule has 41 heavy (non-hydrogen) atoms. The predicted octanol–water partition coefficient (Wildman–Crippen LogP) is 7.06. The summed E-state index contributed by atoms with van der Waals surface area (Å²) in [6, 6.07) is 21.1. The molecule has 1 saturated carbocycles. The summed E-state index contributed by atoms with van der Waals surface area (Å²) >= 11 is 1.59. The number of carbonyl (C=O) groups is 1. The van der Waals surface area contributed by atoms with Gasteiger partial charge in [0.25, 0.3) is 0 Å². The molecular weight excluding hydrogens is 535 g/mol. The molecule has 1 fully saturated rings. The van der Waals surface area contributed by atoms with Crippen LogP contribution in [0.3, 0.4) is 0 Å². The van der Waals surface area contributed by atoms with Crippen molar-refractivity contribution in [1.82, 2.24) is 14.7 Å². The molecule has 3 aromatic carbocycles. The van der Waals surface area contributed by atoms with Crippen LogP contribution in [-0.2, 0) is 16.6 Å². The van der Waals surface area contributed by atoms with Gasteiger partial charge in [0.1, 0.15) is 11.6 Å². The van der Waals surface area contributed by atoms with Crippen molar-refractivity contribution in [3.63, 3.8) is 0 Å². The standard InChI is InChI=1S/C32H33FN6OS/c1-2-21-7-3-8-23(17-21)32(13-5-14-32)30(40)38-28-12-11-22(18-27(28)33)26-20-35-31-37-24-9-4-10-25(19-24)41-36-16-6-15-34-29(26)39-31/h3-4,7-12,17-20,36H,2,5-6,13-16H2,1H3,(H,38,40)(H2,34,35,37,39). The van der Waals surface area contributed by atoms with Crippen LogP contribution in [0.15, 0.2) is 77.8 Å². The lowest BCUT2D eigenvalue weighted by Crippen LogP contribution is -2.46. The van der Waals surface area contributed by atoms with Gasteiger partial charge in [0.15, 0.2) is 0 Å². The molecule has 9 heteroatoms. The maximum absolute atomic E-state index is 15.5. The van der Waals surface area contributed by atoms with E-state index < -0.39 is 11.2 Å². The zero-order chi connectivity index (χ0) is 28.2. The van der Waals surface area contributed by atoms with Gasteiger partial charge in [-0.2, -0.15) is 4.98 Å². The third kappa shape index (κ3) is 5.78. The summed E-state index contributed by atoms with van der Waals surface area (Å²) in [7, 11) is 0. The number of halogens is 1. The lowest BCUT2D eigenvalue weighted by atomic mass is 9.63. The maximum atomic E-state index is 15.5. The van der Waals surface area contributed by atoms with Gasteiger partial charge in [-0.15, -0.1) is 0 Å². The highest BCUT2D eigenvalue weighted by Crippen LogP contribution is 2.45. The van der Waals surface area contributed by atoms with Crippen LogP contribution < -0.4 is 20.7 Å². The minimum absolute atomic E-state index is 0.155. The fourth-order valence-corrected chi connectivity index (χ4v) is 6.09. The monoisotopic (exact) mass is 568 g/mol. The zero-order valence-electron chi connectivity index (χ0n) is 23.0. The van der Waals surface area contributed by atoms with Crippen molar-refractivity contribution in [3.05, 3.63) is 89.9 Å². The Balaban J connectivity index is 1.25. The van der Waals surface area contributed by atoms with Crippen molar-refractivity contribution in [3.8, 4) is 11.1 Å². The number of nitrogens with one attached hydrogen (secondary N) is 4. The number of fused-ring (bicyclic) bond motifs is 4. The molecule has 0 spiro atoms. The van der Waals surface area contributed by atoms with Gasteiger partial charge in [-0.3, -0.25) is 9.52 Å².